The first-order valence-corrected chi connectivity index (χ1v) is 10.0. The minimum atomic E-state index is 0.0535. The average molecular weight is 356 g/mol. The molecule has 0 heterocycles. The van der Waals surface area contributed by atoms with Crippen molar-refractivity contribution in [2.45, 2.75) is 78.2 Å². The van der Waals surface area contributed by atoms with E-state index in [0.717, 1.165) is 58.2 Å². The molecule has 0 bridgehead atoms. The van der Waals surface area contributed by atoms with Crippen LogP contribution in [0.15, 0.2) is 0 Å². The molecule has 1 saturated carbocycles. The monoisotopic (exact) mass is 355 g/mol. The van der Waals surface area contributed by atoms with Crippen molar-refractivity contribution < 1.29 is 19.1 Å². The Morgan fingerprint density at radius 3 is 2.16 bits per heavy atom. The van der Waals surface area contributed by atoms with E-state index in [2.05, 4.69) is 12.2 Å². The van der Waals surface area contributed by atoms with Gasteiger partial charge in [0.15, 0.2) is 0 Å². The van der Waals surface area contributed by atoms with E-state index in [0.29, 0.717) is 25.4 Å². The molecule has 5 nitrogen and oxygen atoms in total. The molecule has 1 aliphatic rings. The summed E-state index contributed by atoms with van der Waals surface area (Å²) < 4.78 is 10.9. The molecule has 1 N–H and O–H groups in total. The van der Waals surface area contributed by atoms with Crippen molar-refractivity contribution in [3.8, 4) is 0 Å². The van der Waals surface area contributed by atoms with E-state index in [1.165, 1.54) is 0 Å². The van der Waals surface area contributed by atoms with Gasteiger partial charge in [0.1, 0.15) is 5.78 Å². The molecule has 0 unspecified atom stereocenters. The van der Waals surface area contributed by atoms with Crippen LogP contribution >= 0.6 is 0 Å². The van der Waals surface area contributed by atoms with Crippen molar-refractivity contribution in [1.29, 1.82) is 0 Å². The number of hydrogen-bond donors (Lipinski definition) is 1. The second-order valence-corrected chi connectivity index (χ2v) is 7.35. The van der Waals surface area contributed by atoms with E-state index in [9.17, 15) is 9.59 Å². The van der Waals surface area contributed by atoms with Gasteiger partial charge in [-0.2, -0.15) is 0 Å². The lowest BCUT2D eigenvalue weighted by molar-refractivity contribution is -0.127. The van der Waals surface area contributed by atoms with Gasteiger partial charge in [0.2, 0.25) is 5.91 Å². The number of carbonyl (C=O) groups is 2. The third-order valence-corrected chi connectivity index (χ3v) is 4.76. The fourth-order valence-electron chi connectivity index (χ4n) is 3.17. The lowest BCUT2D eigenvalue weighted by Crippen LogP contribution is -2.39. The first-order chi connectivity index (χ1) is 12.0. The Morgan fingerprint density at radius 2 is 1.56 bits per heavy atom. The molecule has 0 spiro atoms. The third kappa shape index (κ3) is 9.95. The van der Waals surface area contributed by atoms with Crippen LogP contribution in [0.2, 0.25) is 0 Å². The summed E-state index contributed by atoms with van der Waals surface area (Å²) in [5.74, 6) is 0.732. The summed E-state index contributed by atoms with van der Waals surface area (Å²) in [6.45, 7) is 8.73. The van der Waals surface area contributed by atoms with Crippen molar-refractivity contribution in [3.05, 3.63) is 0 Å². The van der Waals surface area contributed by atoms with Gasteiger partial charge in [-0.1, -0.05) is 27.2 Å². The number of unbranched alkanes of at least 4 members (excludes halogenated alkanes) is 1. The van der Waals surface area contributed by atoms with Gasteiger partial charge < -0.3 is 14.8 Å². The van der Waals surface area contributed by atoms with Crippen LogP contribution in [0, 0.1) is 11.8 Å². The number of carbonyl (C=O) groups excluding carboxylic acids is 2. The molecule has 146 valence electrons. The maximum atomic E-state index is 12.0. The summed E-state index contributed by atoms with van der Waals surface area (Å²) in [6.07, 6.45) is 7.15. The molecular formula is C20H37NO4. The number of amides is 1. The fourth-order valence-corrected chi connectivity index (χ4v) is 3.17. The molecule has 0 aromatic rings. The average Bonchev–Trinajstić information content (AvgIpc) is 2.60. The summed E-state index contributed by atoms with van der Waals surface area (Å²) in [7, 11) is 0. The molecule has 0 atom stereocenters. The Morgan fingerprint density at radius 1 is 0.960 bits per heavy atom. The van der Waals surface area contributed by atoms with E-state index in [1.54, 1.807) is 0 Å². The minimum Gasteiger partial charge on any atom is -0.381 e. The number of ketones is 1. The van der Waals surface area contributed by atoms with E-state index in [-0.39, 0.29) is 23.8 Å². The Labute approximate surface area is 153 Å². The number of ether oxygens (including phenoxy) is 2. The summed E-state index contributed by atoms with van der Waals surface area (Å²) in [5.41, 5.74) is 0. The molecule has 0 aromatic heterocycles. The van der Waals surface area contributed by atoms with Gasteiger partial charge in [-0.3, -0.25) is 9.59 Å². The number of hydrogen-bond acceptors (Lipinski definition) is 4. The van der Waals surface area contributed by atoms with Crippen molar-refractivity contribution in [1.82, 2.24) is 5.32 Å². The molecule has 0 radical (unpaired) electrons. The summed E-state index contributed by atoms with van der Waals surface area (Å²) in [4.78, 5) is 24.0. The number of nitrogens with one attached hydrogen (secondary N) is 1. The van der Waals surface area contributed by atoms with Gasteiger partial charge in [-0.15, -0.1) is 0 Å². The normalized spacial score (nSPS) is 20.6. The molecule has 0 saturated heterocycles. The smallest absolute Gasteiger partial charge is 0.222 e. The Bertz CT molecular complexity index is 376. The number of rotatable bonds is 13. The van der Waals surface area contributed by atoms with Gasteiger partial charge in [0.05, 0.1) is 6.61 Å². The van der Waals surface area contributed by atoms with Gasteiger partial charge in [-0.05, 0) is 38.5 Å². The van der Waals surface area contributed by atoms with Crippen LogP contribution in [0.3, 0.4) is 0 Å². The molecule has 5 heteroatoms. The molecule has 1 fully saturated rings. The van der Waals surface area contributed by atoms with E-state index in [4.69, 9.17) is 9.47 Å². The van der Waals surface area contributed by atoms with Crippen molar-refractivity contribution >= 4 is 11.7 Å². The predicted octanol–water partition coefficient (Wildman–Crippen LogP) is 3.50. The van der Waals surface area contributed by atoms with Crippen LogP contribution in [-0.2, 0) is 19.1 Å². The highest BCUT2D eigenvalue weighted by Gasteiger charge is 2.27. The standard InChI is InChI=1S/C20H37NO4/c1-4-5-12-24-13-6-14-25-15-11-19(22)21-18-9-7-17(8-10-18)20(23)16(2)3/h16-18H,4-15H2,1-3H3,(H,21,22)/t17-,18+. The van der Waals surface area contributed by atoms with Crippen molar-refractivity contribution in [3.63, 3.8) is 0 Å². The topological polar surface area (TPSA) is 64.6 Å². The highest BCUT2D eigenvalue weighted by atomic mass is 16.5. The zero-order chi connectivity index (χ0) is 18.5. The summed E-state index contributed by atoms with van der Waals surface area (Å²) in [6, 6.07) is 0.218. The third-order valence-electron chi connectivity index (χ3n) is 4.76. The Hall–Kier alpha value is -0.940. The van der Waals surface area contributed by atoms with Crippen LogP contribution in [0.25, 0.3) is 0 Å². The van der Waals surface area contributed by atoms with Crippen molar-refractivity contribution in [2.75, 3.05) is 26.4 Å². The molecule has 1 rings (SSSR count). The van der Waals surface area contributed by atoms with Crippen LogP contribution < -0.4 is 5.32 Å². The summed E-state index contributed by atoms with van der Waals surface area (Å²) >= 11 is 0. The van der Waals surface area contributed by atoms with E-state index in [1.807, 2.05) is 13.8 Å². The minimum absolute atomic E-state index is 0.0535. The highest BCUT2D eigenvalue weighted by molar-refractivity contribution is 5.83. The largest absolute Gasteiger partial charge is 0.381 e. The zero-order valence-corrected chi connectivity index (χ0v) is 16.4. The first kappa shape index (κ1) is 22.1. The summed E-state index contributed by atoms with van der Waals surface area (Å²) in [5, 5.41) is 3.08. The molecule has 1 amide bonds. The van der Waals surface area contributed by atoms with Crippen LogP contribution in [0.4, 0.5) is 0 Å². The Kier molecular flexibility index (Phi) is 11.7. The predicted molar refractivity (Wildman–Crippen MR) is 99.5 cm³/mol. The second-order valence-electron chi connectivity index (χ2n) is 7.35. The molecule has 0 aliphatic heterocycles. The molecule has 0 aromatic carbocycles. The fraction of sp³-hybridized carbons (Fsp3) is 0.900. The maximum Gasteiger partial charge on any atom is 0.222 e. The van der Waals surface area contributed by atoms with Gasteiger partial charge >= 0.3 is 0 Å². The van der Waals surface area contributed by atoms with E-state index < -0.39 is 0 Å². The van der Waals surface area contributed by atoms with Gasteiger partial charge in [0.25, 0.3) is 0 Å². The molecular weight excluding hydrogens is 318 g/mol. The van der Waals surface area contributed by atoms with E-state index >= 15 is 0 Å². The Balaban J connectivity index is 2.00. The van der Waals surface area contributed by atoms with Crippen molar-refractivity contribution in [2.24, 2.45) is 11.8 Å². The molecule has 1 aliphatic carbocycles. The SMILES string of the molecule is CCCCOCCCOCCC(=O)N[C@H]1CC[C@@H](C(=O)C(C)C)CC1. The quantitative estimate of drug-likeness (QED) is 0.514. The van der Waals surface area contributed by atoms with Gasteiger partial charge in [-0.25, -0.2) is 0 Å². The number of Topliss-reactive ketones (excluding diaryl/α,β-unsaturated/α-hetero) is 1. The maximum absolute atomic E-state index is 12.0. The highest BCUT2D eigenvalue weighted by Crippen LogP contribution is 2.27. The molecule has 25 heavy (non-hydrogen) atoms. The second kappa shape index (κ2) is 13.3. The van der Waals surface area contributed by atoms with Crippen LogP contribution in [0.5, 0.6) is 0 Å². The zero-order valence-electron chi connectivity index (χ0n) is 16.4. The van der Waals surface area contributed by atoms with Crippen LogP contribution in [0.1, 0.15) is 72.1 Å². The van der Waals surface area contributed by atoms with Gasteiger partial charge in [0, 0.05) is 44.1 Å². The first-order valence-electron chi connectivity index (χ1n) is 10.0. The van der Waals surface area contributed by atoms with Crippen LogP contribution in [-0.4, -0.2) is 44.2 Å². The lowest BCUT2D eigenvalue weighted by Gasteiger charge is -2.29. The lowest BCUT2D eigenvalue weighted by atomic mass is 9.80.